The van der Waals surface area contributed by atoms with Gasteiger partial charge in [0.25, 0.3) is 0 Å². The van der Waals surface area contributed by atoms with Crippen LogP contribution >= 0.6 is 11.6 Å². The fourth-order valence-electron chi connectivity index (χ4n) is 1.22. The molecule has 0 aromatic carbocycles. The zero-order valence-electron chi connectivity index (χ0n) is 12.6. The van der Waals surface area contributed by atoms with Crippen LogP contribution in [0.25, 0.3) is 0 Å². The molecule has 0 saturated heterocycles. The van der Waals surface area contributed by atoms with Gasteiger partial charge >= 0.3 is 0 Å². The molecular formula is C15H23ClN4. The van der Waals surface area contributed by atoms with Crippen LogP contribution in [-0.2, 0) is 0 Å². The number of nitrogens with zero attached hydrogens (tertiary/aromatic N) is 2. The minimum Gasteiger partial charge on any atom is -0.366 e. The molecule has 20 heavy (non-hydrogen) atoms. The smallest absolute Gasteiger partial charge is 0.229 e. The molecular weight excluding hydrogens is 272 g/mol. The second-order valence-corrected chi connectivity index (χ2v) is 4.28. The Labute approximate surface area is 126 Å². The van der Waals surface area contributed by atoms with E-state index in [4.69, 9.17) is 11.6 Å². The van der Waals surface area contributed by atoms with Crippen molar-refractivity contribution in [1.82, 2.24) is 9.97 Å². The van der Waals surface area contributed by atoms with Gasteiger partial charge in [-0.3, -0.25) is 0 Å². The van der Waals surface area contributed by atoms with Gasteiger partial charge < -0.3 is 10.6 Å². The number of aromatic nitrogens is 2. The molecule has 0 aliphatic heterocycles. The van der Waals surface area contributed by atoms with E-state index in [-0.39, 0.29) is 6.04 Å². The van der Waals surface area contributed by atoms with Crippen molar-refractivity contribution in [3.05, 3.63) is 48.3 Å². The zero-order chi connectivity index (χ0) is 15.5. The third-order valence-electron chi connectivity index (χ3n) is 1.94. The maximum absolute atomic E-state index is 6.01. The maximum atomic E-state index is 6.01. The van der Waals surface area contributed by atoms with Crippen LogP contribution in [-0.4, -0.2) is 16.0 Å². The van der Waals surface area contributed by atoms with E-state index in [1.807, 2.05) is 27.7 Å². The second-order valence-electron chi connectivity index (χ2n) is 3.88. The van der Waals surface area contributed by atoms with Crippen LogP contribution in [0.15, 0.2) is 43.3 Å². The van der Waals surface area contributed by atoms with E-state index >= 15 is 0 Å². The molecule has 0 spiro atoms. The van der Waals surface area contributed by atoms with Gasteiger partial charge in [0.15, 0.2) is 5.82 Å². The summed E-state index contributed by atoms with van der Waals surface area (Å²) in [6, 6.07) is 0.243. The molecule has 0 fully saturated rings. The summed E-state index contributed by atoms with van der Waals surface area (Å²) in [7, 11) is 0. The van der Waals surface area contributed by atoms with Crippen LogP contribution < -0.4 is 10.6 Å². The van der Waals surface area contributed by atoms with E-state index in [1.54, 1.807) is 24.4 Å². The summed E-state index contributed by atoms with van der Waals surface area (Å²) in [5.41, 5.74) is 0.766. The molecule has 0 aliphatic rings. The summed E-state index contributed by atoms with van der Waals surface area (Å²) in [4.78, 5) is 8.39. The van der Waals surface area contributed by atoms with Crippen molar-refractivity contribution in [3.63, 3.8) is 0 Å². The van der Waals surface area contributed by atoms with Crippen molar-refractivity contribution >= 4 is 23.4 Å². The Morgan fingerprint density at radius 2 is 2.00 bits per heavy atom. The van der Waals surface area contributed by atoms with E-state index in [9.17, 15) is 0 Å². The molecule has 0 aliphatic carbocycles. The van der Waals surface area contributed by atoms with Gasteiger partial charge in [0, 0.05) is 11.7 Å². The number of hydrogen-bond acceptors (Lipinski definition) is 4. The molecule has 1 aromatic rings. The number of allylic oxidation sites excluding steroid dienone is 3. The number of nitrogens with one attached hydrogen (secondary N) is 2. The van der Waals surface area contributed by atoms with E-state index in [0.29, 0.717) is 16.8 Å². The molecule has 0 unspecified atom stereocenters. The van der Waals surface area contributed by atoms with Gasteiger partial charge in [-0.2, -0.15) is 4.98 Å². The van der Waals surface area contributed by atoms with Gasteiger partial charge in [-0.05, 0) is 26.0 Å². The third-order valence-corrected chi connectivity index (χ3v) is 2.22. The predicted molar refractivity (Wildman–Crippen MR) is 89.2 cm³/mol. The van der Waals surface area contributed by atoms with Gasteiger partial charge in [-0.15, -0.1) is 0 Å². The van der Waals surface area contributed by atoms with Gasteiger partial charge in [0.1, 0.15) is 5.02 Å². The van der Waals surface area contributed by atoms with Crippen LogP contribution in [0.5, 0.6) is 0 Å². The first-order valence-electron chi connectivity index (χ1n) is 6.58. The molecule has 110 valence electrons. The standard InChI is InChI=1S/C13H17ClN4.C2H6/c1-5-7-10(6-2)17-13-15-8-11(14)12(18-13)16-9(3)4;1-2/h5-9H,1-2H2,3-4H3,(H2,15,16,17,18);1-2H3/b10-7+;. The second kappa shape index (κ2) is 10.0. The predicted octanol–water partition coefficient (Wildman–Crippen LogP) is 4.64. The van der Waals surface area contributed by atoms with E-state index < -0.39 is 0 Å². The quantitative estimate of drug-likeness (QED) is 0.750. The first-order chi connectivity index (χ1) is 9.56. The molecule has 0 radical (unpaired) electrons. The summed E-state index contributed by atoms with van der Waals surface area (Å²) in [5.74, 6) is 1.06. The average Bonchev–Trinajstić information content (AvgIpc) is 2.43. The van der Waals surface area contributed by atoms with Gasteiger partial charge in [0.2, 0.25) is 5.95 Å². The Morgan fingerprint density at radius 3 is 2.50 bits per heavy atom. The lowest BCUT2D eigenvalue weighted by Gasteiger charge is -2.12. The van der Waals surface area contributed by atoms with E-state index in [2.05, 4.69) is 33.8 Å². The highest BCUT2D eigenvalue weighted by atomic mass is 35.5. The molecule has 5 heteroatoms. The Kier molecular flexibility index (Phi) is 9.13. The van der Waals surface area contributed by atoms with Crippen LogP contribution in [0.3, 0.4) is 0 Å². The molecule has 1 heterocycles. The molecule has 4 nitrogen and oxygen atoms in total. The lowest BCUT2D eigenvalue weighted by Crippen LogP contribution is -2.13. The van der Waals surface area contributed by atoms with Crippen LogP contribution in [0.4, 0.5) is 11.8 Å². The van der Waals surface area contributed by atoms with Crippen molar-refractivity contribution in [3.8, 4) is 0 Å². The molecule has 0 saturated carbocycles. The average molecular weight is 295 g/mol. The third kappa shape index (κ3) is 6.38. The largest absolute Gasteiger partial charge is 0.366 e. The molecule has 0 bridgehead atoms. The number of rotatable bonds is 6. The maximum Gasteiger partial charge on any atom is 0.229 e. The highest BCUT2D eigenvalue weighted by Crippen LogP contribution is 2.20. The summed E-state index contributed by atoms with van der Waals surface area (Å²) in [6.07, 6.45) is 6.65. The SMILES string of the molecule is C=C/C=C(\C=C)Nc1ncc(Cl)c(NC(C)C)n1.CC. The number of hydrogen-bond donors (Lipinski definition) is 2. The van der Waals surface area contributed by atoms with Crippen molar-refractivity contribution in [2.45, 2.75) is 33.7 Å². The van der Waals surface area contributed by atoms with Gasteiger partial charge in [-0.25, -0.2) is 4.98 Å². The molecule has 0 amide bonds. The fourth-order valence-corrected chi connectivity index (χ4v) is 1.36. The van der Waals surface area contributed by atoms with Crippen molar-refractivity contribution in [1.29, 1.82) is 0 Å². The summed E-state index contributed by atoms with van der Waals surface area (Å²) < 4.78 is 0. The summed E-state index contributed by atoms with van der Waals surface area (Å²) in [6.45, 7) is 15.3. The number of anilines is 2. The minimum atomic E-state index is 0.243. The van der Waals surface area contributed by atoms with E-state index in [1.165, 1.54) is 0 Å². The van der Waals surface area contributed by atoms with Gasteiger partial charge in [-0.1, -0.05) is 44.7 Å². The minimum absolute atomic E-state index is 0.243. The summed E-state index contributed by atoms with van der Waals surface area (Å²) >= 11 is 6.01. The van der Waals surface area contributed by atoms with Crippen LogP contribution in [0, 0.1) is 0 Å². The Balaban J connectivity index is 0.00000172. The summed E-state index contributed by atoms with van der Waals surface area (Å²) in [5, 5.41) is 6.66. The first kappa shape index (κ1) is 18.2. The van der Waals surface area contributed by atoms with Crippen LogP contribution in [0.1, 0.15) is 27.7 Å². The Morgan fingerprint density at radius 1 is 1.35 bits per heavy atom. The molecule has 1 rings (SSSR count). The Bertz CT molecular complexity index is 467. The van der Waals surface area contributed by atoms with Crippen LogP contribution in [0.2, 0.25) is 5.02 Å². The van der Waals surface area contributed by atoms with Crippen molar-refractivity contribution in [2.75, 3.05) is 10.6 Å². The monoisotopic (exact) mass is 294 g/mol. The zero-order valence-corrected chi connectivity index (χ0v) is 13.3. The molecule has 2 N–H and O–H groups in total. The lowest BCUT2D eigenvalue weighted by atomic mass is 10.4. The molecule has 0 atom stereocenters. The van der Waals surface area contributed by atoms with Gasteiger partial charge in [0.05, 0.1) is 6.20 Å². The van der Waals surface area contributed by atoms with E-state index in [0.717, 1.165) is 5.70 Å². The number of halogens is 1. The molecule has 1 aromatic heterocycles. The highest BCUT2D eigenvalue weighted by Gasteiger charge is 2.06. The fraction of sp³-hybridized carbons (Fsp3) is 0.333. The first-order valence-corrected chi connectivity index (χ1v) is 6.96. The van der Waals surface area contributed by atoms with Crippen molar-refractivity contribution < 1.29 is 0 Å². The van der Waals surface area contributed by atoms with Crippen molar-refractivity contribution in [2.24, 2.45) is 0 Å². The highest BCUT2D eigenvalue weighted by molar-refractivity contribution is 6.32. The normalized spacial score (nSPS) is 10.4. The topological polar surface area (TPSA) is 49.8 Å². The Hall–Kier alpha value is -1.81. The lowest BCUT2D eigenvalue weighted by molar-refractivity contribution is 0.887.